The van der Waals surface area contributed by atoms with Gasteiger partial charge in [0.05, 0.1) is 12.7 Å². The molecule has 0 atom stereocenters. The van der Waals surface area contributed by atoms with Crippen molar-refractivity contribution in [1.29, 1.82) is 0 Å². The van der Waals surface area contributed by atoms with E-state index in [0.717, 1.165) is 12.0 Å². The Morgan fingerprint density at radius 1 is 0.655 bits per heavy atom. The maximum atomic E-state index is 12.3. The number of hydrogen-bond donors (Lipinski definition) is 0. The molecule has 1 rings (SSSR count). The van der Waals surface area contributed by atoms with Gasteiger partial charge in [0.1, 0.15) is 5.75 Å². The lowest BCUT2D eigenvalue weighted by Crippen LogP contribution is -2.01. The second-order valence-electron chi connectivity index (χ2n) is 8.53. The third-order valence-corrected chi connectivity index (χ3v) is 5.91. The minimum Gasteiger partial charge on any atom is -0.496 e. The summed E-state index contributed by atoms with van der Waals surface area (Å²) in [6.45, 7) is 2.28. The van der Waals surface area contributed by atoms with Crippen molar-refractivity contribution >= 4 is 5.78 Å². The van der Waals surface area contributed by atoms with Crippen LogP contribution >= 0.6 is 0 Å². The van der Waals surface area contributed by atoms with Gasteiger partial charge in [-0.25, -0.2) is 0 Å². The zero-order valence-electron chi connectivity index (χ0n) is 19.4. The Labute approximate surface area is 180 Å². The molecule has 0 heterocycles. The summed E-state index contributed by atoms with van der Waals surface area (Å²) >= 11 is 0. The highest BCUT2D eigenvalue weighted by Crippen LogP contribution is 2.20. The van der Waals surface area contributed by atoms with Crippen molar-refractivity contribution in [2.24, 2.45) is 0 Å². The second-order valence-corrected chi connectivity index (χ2v) is 8.53. The number of unbranched alkanes of at least 4 members (excludes halogenated alkanes) is 16. The van der Waals surface area contributed by atoms with E-state index in [1.54, 1.807) is 7.11 Å². The van der Waals surface area contributed by atoms with Crippen LogP contribution in [0.4, 0.5) is 0 Å². The molecule has 29 heavy (non-hydrogen) atoms. The van der Waals surface area contributed by atoms with Crippen molar-refractivity contribution < 1.29 is 9.53 Å². The molecule has 0 aliphatic heterocycles. The predicted octanol–water partition coefficient (Wildman–Crippen LogP) is 8.92. The van der Waals surface area contributed by atoms with Gasteiger partial charge in [-0.05, 0) is 18.6 Å². The standard InChI is InChI=1S/C27H46O2/c1-3-4-5-6-7-8-9-10-11-12-13-14-15-16-17-18-19-23-26(28)25-22-20-21-24-27(25)29-2/h20-22,24H,3-19,23H2,1-2H3. The molecule has 0 saturated heterocycles. The number of hydrogen-bond acceptors (Lipinski definition) is 2. The Morgan fingerprint density at radius 2 is 1.07 bits per heavy atom. The Hall–Kier alpha value is -1.31. The van der Waals surface area contributed by atoms with Gasteiger partial charge in [0.2, 0.25) is 0 Å². The largest absolute Gasteiger partial charge is 0.496 e. The van der Waals surface area contributed by atoms with Crippen molar-refractivity contribution in [3.63, 3.8) is 0 Å². The third kappa shape index (κ3) is 13.5. The van der Waals surface area contributed by atoms with Crippen LogP contribution in [0.2, 0.25) is 0 Å². The van der Waals surface area contributed by atoms with E-state index >= 15 is 0 Å². The second kappa shape index (κ2) is 18.7. The molecule has 0 saturated carbocycles. The van der Waals surface area contributed by atoms with Crippen LogP contribution in [0.5, 0.6) is 5.75 Å². The molecule has 1 aromatic carbocycles. The van der Waals surface area contributed by atoms with Crippen LogP contribution in [-0.2, 0) is 0 Å². The van der Waals surface area contributed by atoms with Gasteiger partial charge in [0.15, 0.2) is 5.78 Å². The molecule has 0 radical (unpaired) electrons. The number of carbonyl (C=O) groups excluding carboxylic acids is 1. The van der Waals surface area contributed by atoms with Gasteiger partial charge >= 0.3 is 0 Å². The van der Waals surface area contributed by atoms with Crippen molar-refractivity contribution in [3.05, 3.63) is 29.8 Å². The molecule has 0 amide bonds. The summed E-state index contributed by atoms with van der Waals surface area (Å²) in [5.41, 5.74) is 0.728. The topological polar surface area (TPSA) is 26.3 Å². The van der Waals surface area contributed by atoms with Gasteiger partial charge in [-0.2, -0.15) is 0 Å². The molecule has 2 nitrogen and oxygen atoms in total. The van der Waals surface area contributed by atoms with Crippen molar-refractivity contribution in [2.75, 3.05) is 7.11 Å². The number of carbonyl (C=O) groups is 1. The first-order valence-electron chi connectivity index (χ1n) is 12.5. The summed E-state index contributed by atoms with van der Waals surface area (Å²) in [6, 6.07) is 7.55. The van der Waals surface area contributed by atoms with Crippen molar-refractivity contribution in [3.8, 4) is 5.75 Å². The van der Waals surface area contributed by atoms with Crippen molar-refractivity contribution in [1.82, 2.24) is 0 Å². The lowest BCUT2D eigenvalue weighted by atomic mass is 10.0. The molecule has 2 heteroatoms. The first kappa shape index (κ1) is 25.7. The highest BCUT2D eigenvalue weighted by Gasteiger charge is 2.10. The molecule has 1 aromatic rings. The molecule has 0 N–H and O–H groups in total. The molecule has 0 aliphatic carbocycles. The summed E-state index contributed by atoms with van der Waals surface area (Å²) in [5, 5.41) is 0. The summed E-state index contributed by atoms with van der Waals surface area (Å²) in [6.07, 6.45) is 23.8. The number of benzene rings is 1. The fourth-order valence-electron chi connectivity index (χ4n) is 4.02. The highest BCUT2D eigenvalue weighted by atomic mass is 16.5. The molecule has 0 aromatic heterocycles. The summed E-state index contributed by atoms with van der Waals surface area (Å²) < 4.78 is 5.28. The van der Waals surface area contributed by atoms with Gasteiger partial charge in [-0.1, -0.05) is 122 Å². The predicted molar refractivity (Wildman–Crippen MR) is 126 cm³/mol. The normalized spacial score (nSPS) is 11.0. The molecular formula is C27H46O2. The molecule has 0 unspecified atom stereocenters. The Balaban J connectivity index is 1.84. The molecule has 0 bridgehead atoms. The van der Waals surface area contributed by atoms with E-state index in [2.05, 4.69) is 6.92 Å². The first-order valence-corrected chi connectivity index (χ1v) is 12.5. The zero-order chi connectivity index (χ0) is 21.0. The third-order valence-electron chi connectivity index (χ3n) is 5.91. The molecule has 166 valence electrons. The van der Waals surface area contributed by atoms with E-state index in [-0.39, 0.29) is 5.78 Å². The molecular weight excluding hydrogens is 356 g/mol. The van der Waals surface area contributed by atoms with Crippen molar-refractivity contribution in [2.45, 2.75) is 122 Å². The highest BCUT2D eigenvalue weighted by molar-refractivity contribution is 5.98. The number of methoxy groups -OCH3 is 1. The SMILES string of the molecule is CCCCCCCCCCCCCCCCCCCC(=O)c1ccccc1OC. The number of Topliss-reactive ketones (excluding diaryl/α,β-unsaturated/α-hetero) is 1. The summed E-state index contributed by atoms with van der Waals surface area (Å²) in [7, 11) is 1.63. The van der Waals surface area contributed by atoms with E-state index < -0.39 is 0 Å². The van der Waals surface area contributed by atoms with E-state index in [1.807, 2.05) is 24.3 Å². The maximum absolute atomic E-state index is 12.3. The average molecular weight is 403 g/mol. The molecule has 0 fully saturated rings. The average Bonchev–Trinajstić information content (AvgIpc) is 2.75. The van der Waals surface area contributed by atoms with Gasteiger partial charge in [0, 0.05) is 6.42 Å². The Morgan fingerprint density at radius 3 is 1.52 bits per heavy atom. The fraction of sp³-hybridized carbons (Fsp3) is 0.741. The van der Waals surface area contributed by atoms with Gasteiger partial charge < -0.3 is 4.74 Å². The van der Waals surface area contributed by atoms with Crippen LogP contribution in [-0.4, -0.2) is 12.9 Å². The molecule has 0 aliphatic rings. The zero-order valence-corrected chi connectivity index (χ0v) is 19.4. The summed E-state index contributed by atoms with van der Waals surface area (Å²) in [4.78, 5) is 12.3. The summed E-state index contributed by atoms with van der Waals surface area (Å²) in [5.74, 6) is 0.910. The van der Waals surface area contributed by atoms with Crippen LogP contribution < -0.4 is 4.74 Å². The quantitative estimate of drug-likeness (QED) is 0.161. The minimum absolute atomic E-state index is 0.211. The lowest BCUT2D eigenvalue weighted by molar-refractivity contribution is 0.0976. The molecule has 0 spiro atoms. The van der Waals surface area contributed by atoms with E-state index in [9.17, 15) is 4.79 Å². The van der Waals surface area contributed by atoms with Crippen LogP contribution in [0.25, 0.3) is 0 Å². The minimum atomic E-state index is 0.211. The smallest absolute Gasteiger partial charge is 0.166 e. The number of ketones is 1. The van der Waals surface area contributed by atoms with Gasteiger partial charge in [0.25, 0.3) is 0 Å². The Kier molecular flexibility index (Phi) is 16.6. The first-order chi connectivity index (χ1) is 14.3. The van der Waals surface area contributed by atoms with Gasteiger partial charge in [-0.15, -0.1) is 0 Å². The fourth-order valence-corrected chi connectivity index (χ4v) is 4.02. The van der Waals surface area contributed by atoms with Crippen LogP contribution in [0.15, 0.2) is 24.3 Å². The van der Waals surface area contributed by atoms with Gasteiger partial charge in [-0.3, -0.25) is 4.79 Å². The number of ether oxygens (including phenoxy) is 1. The Bertz CT molecular complexity index is 509. The lowest BCUT2D eigenvalue weighted by Gasteiger charge is -2.07. The van der Waals surface area contributed by atoms with Crippen LogP contribution in [0.1, 0.15) is 133 Å². The van der Waals surface area contributed by atoms with Crippen LogP contribution in [0, 0.1) is 0 Å². The maximum Gasteiger partial charge on any atom is 0.166 e. The monoisotopic (exact) mass is 402 g/mol. The van der Waals surface area contributed by atoms with E-state index in [1.165, 1.54) is 103 Å². The van der Waals surface area contributed by atoms with E-state index in [0.29, 0.717) is 12.2 Å². The van der Waals surface area contributed by atoms with E-state index in [4.69, 9.17) is 4.74 Å². The number of rotatable bonds is 20. The number of para-hydroxylation sites is 1. The van der Waals surface area contributed by atoms with Crippen LogP contribution in [0.3, 0.4) is 0 Å².